The van der Waals surface area contributed by atoms with Crippen LogP contribution in [0, 0.1) is 41.4 Å². The third-order valence-corrected chi connectivity index (χ3v) is 6.16. The Hall–Kier alpha value is -0.0400. The Labute approximate surface area is 93.3 Å². The fourth-order valence-electron chi connectivity index (χ4n) is 5.32. The highest BCUT2D eigenvalue weighted by molar-refractivity contribution is 5.06. The second kappa shape index (κ2) is 3.48. The van der Waals surface area contributed by atoms with Gasteiger partial charge >= 0.3 is 0 Å². The van der Waals surface area contributed by atoms with E-state index in [0.29, 0.717) is 6.61 Å². The van der Waals surface area contributed by atoms with Crippen LogP contribution in [0.3, 0.4) is 0 Å². The molecule has 4 bridgehead atoms. The largest absolute Gasteiger partial charge is 0.396 e. The lowest BCUT2D eigenvalue weighted by Crippen LogP contribution is -2.57. The fourth-order valence-corrected chi connectivity index (χ4v) is 5.32. The van der Waals surface area contributed by atoms with Crippen molar-refractivity contribution in [3.63, 3.8) is 0 Å². The van der Waals surface area contributed by atoms with Crippen LogP contribution in [-0.2, 0) is 0 Å². The zero-order valence-electron chi connectivity index (χ0n) is 10.0. The molecule has 1 nitrogen and oxygen atoms in total. The van der Waals surface area contributed by atoms with Gasteiger partial charge in [-0.05, 0) is 67.1 Å². The van der Waals surface area contributed by atoms with Crippen LogP contribution in [0.1, 0.15) is 39.5 Å². The van der Waals surface area contributed by atoms with Crippen LogP contribution < -0.4 is 0 Å². The Morgan fingerprint density at radius 3 is 2.53 bits per heavy atom. The van der Waals surface area contributed by atoms with Gasteiger partial charge in [0.2, 0.25) is 0 Å². The van der Waals surface area contributed by atoms with Crippen LogP contribution in [0.25, 0.3) is 0 Å². The van der Waals surface area contributed by atoms with Gasteiger partial charge in [0.25, 0.3) is 0 Å². The zero-order valence-corrected chi connectivity index (χ0v) is 10.0. The maximum Gasteiger partial charge on any atom is 0.0433 e. The summed E-state index contributed by atoms with van der Waals surface area (Å²) in [6, 6.07) is 0. The van der Waals surface area contributed by atoms with Gasteiger partial charge in [-0.15, -0.1) is 0 Å². The van der Waals surface area contributed by atoms with E-state index in [-0.39, 0.29) is 0 Å². The van der Waals surface area contributed by atoms with Crippen molar-refractivity contribution in [1.29, 1.82) is 0 Å². The summed E-state index contributed by atoms with van der Waals surface area (Å²) < 4.78 is 0. The second-order valence-electron chi connectivity index (χ2n) is 6.37. The molecule has 1 N–H and O–H groups in total. The molecule has 1 heteroatoms. The normalized spacial score (nSPS) is 57.4. The third-order valence-electron chi connectivity index (χ3n) is 6.16. The summed E-state index contributed by atoms with van der Waals surface area (Å²) >= 11 is 0. The van der Waals surface area contributed by atoms with E-state index in [2.05, 4.69) is 13.8 Å². The molecular formula is C14H24O. The standard InChI is InChI=1S/C14H24O/c1-8-9(2)14-10-3-4-12(13(14)7-10)11(8)5-6-15/h8-15H,3-7H2,1-2H3. The summed E-state index contributed by atoms with van der Waals surface area (Å²) in [7, 11) is 0. The van der Waals surface area contributed by atoms with E-state index >= 15 is 0 Å². The first kappa shape index (κ1) is 10.1. The lowest BCUT2D eigenvalue weighted by molar-refractivity contribution is -0.154. The van der Waals surface area contributed by atoms with Crippen LogP contribution in [0.4, 0.5) is 0 Å². The summed E-state index contributed by atoms with van der Waals surface area (Å²) in [4.78, 5) is 0. The fraction of sp³-hybridized carbons (Fsp3) is 1.00. The van der Waals surface area contributed by atoms with Crippen LogP contribution in [-0.4, -0.2) is 11.7 Å². The van der Waals surface area contributed by atoms with Crippen molar-refractivity contribution in [3.05, 3.63) is 0 Å². The van der Waals surface area contributed by atoms with Crippen molar-refractivity contribution in [2.45, 2.75) is 39.5 Å². The third kappa shape index (κ3) is 1.25. The van der Waals surface area contributed by atoms with Gasteiger partial charge in [-0.3, -0.25) is 0 Å². The molecule has 0 aromatic heterocycles. The van der Waals surface area contributed by atoms with Crippen LogP contribution in [0.2, 0.25) is 0 Å². The van der Waals surface area contributed by atoms with Gasteiger partial charge in [0.05, 0.1) is 0 Å². The SMILES string of the molecule is CC1C(C)C2C3CCC(C1CCO)C2C3. The molecule has 86 valence electrons. The number of rotatable bonds is 2. The number of hydrogen-bond donors (Lipinski definition) is 1. The Morgan fingerprint density at radius 2 is 1.87 bits per heavy atom. The van der Waals surface area contributed by atoms with E-state index in [9.17, 15) is 5.11 Å². The molecule has 0 radical (unpaired) electrons. The molecule has 7 unspecified atom stereocenters. The van der Waals surface area contributed by atoms with Gasteiger partial charge in [-0.2, -0.15) is 0 Å². The number of aliphatic hydroxyl groups is 1. The quantitative estimate of drug-likeness (QED) is 0.740. The van der Waals surface area contributed by atoms with Crippen molar-refractivity contribution in [1.82, 2.24) is 0 Å². The molecule has 3 aliphatic carbocycles. The first-order chi connectivity index (χ1) is 7.24. The molecule has 3 fully saturated rings. The first-order valence-corrected chi connectivity index (χ1v) is 6.85. The van der Waals surface area contributed by atoms with Crippen LogP contribution in [0.15, 0.2) is 0 Å². The maximum atomic E-state index is 9.22. The molecule has 0 saturated heterocycles. The minimum absolute atomic E-state index is 0.402. The van der Waals surface area contributed by atoms with Crippen molar-refractivity contribution < 1.29 is 5.11 Å². The molecule has 15 heavy (non-hydrogen) atoms. The summed E-state index contributed by atoms with van der Waals surface area (Å²) in [5, 5.41) is 9.22. The summed E-state index contributed by atoms with van der Waals surface area (Å²) in [5.74, 6) is 6.76. The highest BCUT2D eigenvalue weighted by Crippen LogP contribution is 2.64. The summed E-state index contributed by atoms with van der Waals surface area (Å²) in [6.45, 7) is 5.31. The summed E-state index contributed by atoms with van der Waals surface area (Å²) in [6.07, 6.45) is 5.54. The van der Waals surface area contributed by atoms with Gasteiger partial charge < -0.3 is 5.11 Å². The Morgan fingerprint density at radius 1 is 1.07 bits per heavy atom. The van der Waals surface area contributed by atoms with Gasteiger partial charge in [-0.1, -0.05) is 13.8 Å². The van der Waals surface area contributed by atoms with Gasteiger partial charge in [-0.25, -0.2) is 0 Å². The second-order valence-corrected chi connectivity index (χ2v) is 6.37. The Bertz CT molecular complexity index is 246. The maximum absolute atomic E-state index is 9.22. The highest BCUT2D eigenvalue weighted by Gasteiger charge is 2.57. The topological polar surface area (TPSA) is 20.2 Å². The molecule has 0 aromatic rings. The molecule has 0 aromatic carbocycles. The molecule has 7 atom stereocenters. The van der Waals surface area contributed by atoms with Gasteiger partial charge in [0.1, 0.15) is 0 Å². The number of hydrogen-bond acceptors (Lipinski definition) is 1. The first-order valence-electron chi connectivity index (χ1n) is 6.85. The van der Waals surface area contributed by atoms with Crippen molar-refractivity contribution >= 4 is 0 Å². The Kier molecular flexibility index (Phi) is 2.35. The van der Waals surface area contributed by atoms with Crippen molar-refractivity contribution in [3.8, 4) is 0 Å². The van der Waals surface area contributed by atoms with E-state index in [0.717, 1.165) is 47.8 Å². The Balaban J connectivity index is 1.83. The molecule has 0 heterocycles. The molecule has 3 aliphatic rings. The van der Waals surface area contributed by atoms with E-state index in [1.807, 2.05) is 0 Å². The molecule has 3 rings (SSSR count). The average Bonchev–Trinajstić information content (AvgIpc) is 2.23. The van der Waals surface area contributed by atoms with Crippen LogP contribution in [0.5, 0.6) is 0 Å². The summed E-state index contributed by atoms with van der Waals surface area (Å²) in [5.41, 5.74) is 0. The van der Waals surface area contributed by atoms with E-state index in [1.165, 1.54) is 19.3 Å². The molecule has 0 amide bonds. The van der Waals surface area contributed by atoms with Gasteiger partial charge in [0.15, 0.2) is 0 Å². The number of aliphatic hydroxyl groups excluding tert-OH is 1. The van der Waals surface area contributed by atoms with E-state index < -0.39 is 0 Å². The molecule has 0 aliphatic heterocycles. The molecular weight excluding hydrogens is 184 g/mol. The predicted molar refractivity (Wildman–Crippen MR) is 61.3 cm³/mol. The van der Waals surface area contributed by atoms with Crippen LogP contribution >= 0.6 is 0 Å². The average molecular weight is 208 g/mol. The lowest BCUT2D eigenvalue weighted by atomic mass is 9.41. The zero-order chi connectivity index (χ0) is 10.6. The predicted octanol–water partition coefficient (Wildman–Crippen LogP) is 2.93. The lowest BCUT2D eigenvalue weighted by Gasteiger charge is -2.64. The van der Waals surface area contributed by atoms with E-state index in [1.54, 1.807) is 0 Å². The smallest absolute Gasteiger partial charge is 0.0433 e. The van der Waals surface area contributed by atoms with Crippen molar-refractivity contribution in [2.24, 2.45) is 41.4 Å². The minimum Gasteiger partial charge on any atom is -0.396 e. The van der Waals surface area contributed by atoms with Gasteiger partial charge in [0, 0.05) is 6.61 Å². The van der Waals surface area contributed by atoms with Crippen molar-refractivity contribution in [2.75, 3.05) is 6.61 Å². The molecule has 3 saturated carbocycles. The minimum atomic E-state index is 0.402. The monoisotopic (exact) mass is 208 g/mol. The molecule has 0 spiro atoms. The highest BCUT2D eigenvalue weighted by atomic mass is 16.3. The van der Waals surface area contributed by atoms with E-state index in [4.69, 9.17) is 0 Å².